The normalized spacial score (nSPS) is 55.9. The van der Waals surface area contributed by atoms with Crippen molar-refractivity contribution in [3.05, 3.63) is 0 Å². The molecule has 16 bridgehead atoms. The molecule has 40 atom stereocenters. The van der Waals surface area contributed by atoms with Gasteiger partial charge in [0.25, 0.3) is 0 Å². The van der Waals surface area contributed by atoms with Crippen LogP contribution in [0, 0.1) is 0 Å². The molecule has 16 unspecified atom stereocenters. The van der Waals surface area contributed by atoms with Crippen LogP contribution < -0.4 is 0 Å². The zero-order valence-electron chi connectivity index (χ0n) is 45.9. The molecule has 0 aromatic carbocycles. The van der Waals surface area contributed by atoms with E-state index in [0.717, 1.165) is 0 Å². The van der Waals surface area contributed by atoms with Crippen molar-refractivity contribution in [2.45, 2.75) is 253 Å². The zero-order chi connectivity index (χ0) is 63.4. The third kappa shape index (κ3) is 13.7. The van der Waals surface area contributed by atoms with E-state index in [9.17, 15) is 117 Å². The highest BCUT2D eigenvalue weighted by Crippen LogP contribution is 2.39. The summed E-state index contributed by atoms with van der Waals surface area (Å²) < 4.78 is 91.4. The third-order valence-corrected chi connectivity index (χ3v) is 16.9. The fraction of sp³-hybridized carbons (Fsp3) is 1.00. The summed E-state index contributed by atoms with van der Waals surface area (Å²) in [6.45, 7) is -6.13. The molecule has 0 aromatic heterocycles. The highest BCUT2D eigenvalue weighted by molar-refractivity contribution is 5.02. The minimum atomic E-state index is -2.24. The van der Waals surface area contributed by atoms with E-state index in [2.05, 4.69) is 0 Å². The highest BCUT2D eigenvalue weighted by Gasteiger charge is 2.60. The van der Waals surface area contributed by atoms with Gasteiger partial charge in [-0.3, -0.25) is 0 Å². The SMILES string of the molecule is CC1O[C@@H]2O[C@@H]3C(CO)O[C@H](O[C@@H]4C(CO)O[C@H](O[C@@H]5C(CO)O[C@H](O[C@@H]6C(CO)O[C@H](O[C@@H]7C(CO)O[C@H](O[C@@H]8C(CO)O[C@H](O[C@@H]9C(CO)O[C@@H](O[C@H]1[C@H](O)C2O)C(O)[C@H]9O)C(O)[C@H]8O)C(O)[C@H]7O)C(O)[C@H]6O)C(O)[C@H]5O)C(O)[C@H]4O)C(O)[C@H]3O. The predicted octanol–water partition coefficient (Wildman–Crippen LogP) is -16.4. The summed E-state index contributed by atoms with van der Waals surface area (Å²) >= 11 is 0. The summed E-state index contributed by atoms with van der Waals surface area (Å²) in [5.74, 6) is 0. The molecular formula is C48H80O39. The smallest absolute Gasteiger partial charge is 0.187 e. The van der Waals surface area contributed by atoms with Crippen molar-refractivity contribution in [3.63, 3.8) is 0 Å². The van der Waals surface area contributed by atoms with Crippen LogP contribution in [0.25, 0.3) is 0 Å². The Labute approximate surface area is 491 Å². The molecule has 39 nitrogen and oxygen atoms in total. The molecule has 39 heteroatoms. The molecule has 0 spiro atoms. The Morgan fingerprint density at radius 1 is 0.172 bits per heavy atom. The topological polar surface area (TPSA) is 613 Å². The van der Waals surface area contributed by atoms with E-state index in [4.69, 9.17) is 75.8 Å². The van der Waals surface area contributed by atoms with Crippen molar-refractivity contribution in [3.8, 4) is 0 Å². The van der Waals surface area contributed by atoms with Crippen LogP contribution in [-0.4, -0.2) is 409 Å². The van der Waals surface area contributed by atoms with Crippen LogP contribution in [0.2, 0.25) is 0 Å². The molecule has 30 rings (SSSR count). The van der Waals surface area contributed by atoms with Gasteiger partial charge < -0.3 is 193 Å². The van der Waals surface area contributed by atoms with Crippen LogP contribution >= 0.6 is 0 Å². The van der Waals surface area contributed by atoms with Crippen molar-refractivity contribution in [2.24, 2.45) is 0 Å². The van der Waals surface area contributed by atoms with Gasteiger partial charge in [-0.05, 0) is 6.92 Å². The van der Waals surface area contributed by atoms with Crippen LogP contribution in [-0.2, 0) is 75.8 Å². The molecule has 30 aliphatic heterocycles. The van der Waals surface area contributed by atoms with E-state index in [1.807, 2.05) is 0 Å². The Hall–Kier alpha value is -1.56. The Bertz CT molecular complexity index is 2110. The van der Waals surface area contributed by atoms with Crippen LogP contribution in [0.3, 0.4) is 0 Å². The van der Waals surface area contributed by atoms with Gasteiger partial charge in [0.2, 0.25) is 0 Å². The first-order chi connectivity index (χ1) is 41.4. The Morgan fingerprint density at radius 3 is 0.448 bits per heavy atom. The highest BCUT2D eigenvalue weighted by atomic mass is 16.8. The fourth-order valence-electron chi connectivity index (χ4n) is 11.9. The first-order valence-corrected chi connectivity index (χ1v) is 28.0. The molecule has 0 amide bonds. The van der Waals surface area contributed by atoms with E-state index < -0.39 is 292 Å². The van der Waals surface area contributed by atoms with Crippen molar-refractivity contribution in [2.75, 3.05) is 46.2 Å². The van der Waals surface area contributed by atoms with E-state index in [1.54, 1.807) is 0 Å². The van der Waals surface area contributed by atoms with Gasteiger partial charge in [0.1, 0.15) is 189 Å². The van der Waals surface area contributed by atoms with E-state index in [-0.39, 0.29) is 0 Å². The van der Waals surface area contributed by atoms with Gasteiger partial charge >= 0.3 is 0 Å². The molecule has 0 aromatic rings. The summed E-state index contributed by atoms with van der Waals surface area (Å²) in [5.41, 5.74) is 0. The maximum atomic E-state index is 11.4. The lowest BCUT2D eigenvalue weighted by molar-refractivity contribution is -0.403. The maximum Gasteiger partial charge on any atom is 0.187 e. The monoisotopic (exact) mass is 1280 g/mol. The second-order valence-electron chi connectivity index (χ2n) is 22.4. The quantitative estimate of drug-likeness (QED) is 0.113. The Balaban J connectivity index is 0.969. The summed E-state index contributed by atoms with van der Waals surface area (Å²) in [7, 11) is 0. The van der Waals surface area contributed by atoms with E-state index in [0.29, 0.717) is 0 Å². The maximum absolute atomic E-state index is 11.4. The molecule has 0 aliphatic carbocycles. The minimum absolute atomic E-state index is 1.03. The van der Waals surface area contributed by atoms with Gasteiger partial charge in [-0.25, -0.2) is 0 Å². The van der Waals surface area contributed by atoms with Gasteiger partial charge in [0, 0.05) is 0 Å². The molecule has 506 valence electrons. The van der Waals surface area contributed by atoms with Crippen molar-refractivity contribution < 1.29 is 193 Å². The van der Waals surface area contributed by atoms with E-state index in [1.165, 1.54) is 6.92 Å². The number of hydrogen-bond donors (Lipinski definition) is 23. The third-order valence-electron chi connectivity index (χ3n) is 16.9. The molecule has 30 saturated heterocycles. The number of rotatable bonds is 7. The van der Waals surface area contributed by atoms with Crippen LogP contribution in [0.15, 0.2) is 0 Å². The second kappa shape index (κ2) is 29.4. The summed E-state index contributed by atoms with van der Waals surface area (Å²) in [6, 6.07) is 0. The minimum Gasteiger partial charge on any atom is -0.394 e. The first kappa shape index (κ1) is 69.8. The Morgan fingerprint density at radius 2 is 0.299 bits per heavy atom. The zero-order valence-corrected chi connectivity index (χ0v) is 45.9. The van der Waals surface area contributed by atoms with Gasteiger partial charge in [0.15, 0.2) is 50.3 Å². The second-order valence-corrected chi connectivity index (χ2v) is 22.4. The van der Waals surface area contributed by atoms with Crippen molar-refractivity contribution in [1.82, 2.24) is 0 Å². The molecule has 30 aliphatic rings. The van der Waals surface area contributed by atoms with Gasteiger partial charge in [-0.1, -0.05) is 0 Å². The lowest BCUT2D eigenvalue weighted by Gasteiger charge is -2.50. The van der Waals surface area contributed by atoms with Gasteiger partial charge in [-0.15, -0.1) is 0 Å². The summed E-state index contributed by atoms with van der Waals surface area (Å²) in [6.07, 6.45) is -79.8. The lowest BCUT2D eigenvalue weighted by atomic mass is 9.95. The number of hydrogen-bond acceptors (Lipinski definition) is 39. The number of aliphatic hydroxyl groups is 23. The predicted molar refractivity (Wildman–Crippen MR) is 260 cm³/mol. The molecule has 0 saturated carbocycles. The molecule has 87 heavy (non-hydrogen) atoms. The molecular weight excluding hydrogens is 1200 g/mol. The van der Waals surface area contributed by atoms with Crippen molar-refractivity contribution in [1.29, 1.82) is 0 Å². The molecule has 30 heterocycles. The van der Waals surface area contributed by atoms with Crippen LogP contribution in [0.5, 0.6) is 0 Å². The van der Waals surface area contributed by atoms with Crippen LogP contribution in [0.1, 0.15) is 6.92 Å². The van der Waals surface area contributed by atoms with Gasteiger partial charge in [-0.2, -0.15) is 0 Å². The van der Waals surface area contributed by atoms with E-state index >= 15 is 0 Å². The van der Waals surface area contributed by atoms with Crippen LogP contribution in [0.4, 0.5) is 0 Å². The lowest BCUT2D eigenvalue weighted by Crippen LogP contribution is -2.69. The first-order valence-electron chi connectivity index (χ1n) is 28.0. The number of ether oxygens (including phenoxy) is 16. The average molecular weight is 1280 g/mol. The average Bonchev–Trinajstić information content (AvgIpc) is 1.09. The molecule has 0 radical (unpaired) electrons. The Kier molecular flexibility index (Phi) is 23.6. The molecule has 23 N–H and O–H groups in total. The number of aliphatic hydroxyl groups excluding tert-OH is 23. The fourth-order valence-corrected chi connectivity index (χ4v) is 11.9. The van der Waals surface area contributed by atoms with Crippen molar-refractivity contribution >= 4 is 0 Å². The standard InChI is InChI=1S/C48H80O39/c1-9-33-17(56)25(64)41(72-9)81-34-10(2-49)74-43(27(66)19(34)58)83-36-12(4-51)76-45(29(68)21(36)60)85-38-14(6-53)78-47(31(70)23(38)62)87-40-16(8-55)79-48(32(71)24(40)63)86-39-15(7-54)77-46(30(69)22(39)61)84-37-13(5-52)75-44(28(67)20(37)59)82-35-11(3-50)73-42(80-33)26(65)18(35)57/h9-71H,2-8H2,1H3/t9?,10?,11?,12?,13?,14?,15?,16?,17-,18-,19-,20-,21-,22-,23-,24-,25?,26?,27?,28?,29?,30?,31?,32?,33-,34-,35-,36-,37-,38-,39-,40-,41-,42+,43-,44-,45-,46-,47-,48-/m1/s1. The van der Waals surface area contributed by atoms with Gasteiger partial charge in [0.05, 0.1) is 52.4 Å². The summed E-state index contributed by atoms with van der Waals surface area (Å²) in [5, 5.41) is 254. The molecule has 30 fully saturated rings. The largest absolute Gasteiger partial charge is 0.394 e. The summed E-state index contributed by atoms with van der Waals surface area (Å²) in [4.78, 5) is 0.